The normalized spacial score (nSPS) is 17.4. The number of nitrogens with one attached hydrogen (secondary N) is 1. The SMILES string of the molecule is CCC1CCCCN1C(=O)c1ccc(NCc2ccccc2Cl)cn1. The smallest absolute Gasteiger partial charge is 0.272 e. The van der Waals surface area contributed by atoms with Crippen molar-refractivity contribution in [3.63, 3.8) is 0 Å². The quantitative estimate of drug-likeness (QED) is 0.839. The number of hydrogen-bond acceptors (Lipinski definition) is 3. The monoisotopic (exact) mass is 357 g/mol. The molecule has 1 aromatic heterocycles. The van der Waals surface area contributed by atoms with Crippen molar-refractivity contribution in [2.45, 2.75) is 45.2 Å². The molecule has 25 heavy (non-hydrogen) atoms. The third kappa shape index (κ3) is 4.31. The number of likely N-dealkylation sites (tertiary alicyclic amines) is 1. The molecule has 132 valence electrons. The first-order chi connectivity index (χ1) is 12.2. The van der Waals surface area contributed by atoms with Crippen LogP contribution in [0.1, 0.15) is 48.7 Å². The molecular formula is C20H24ClN3O. The zero-order valence-corrected chi connectivity index (χ0v) is 15.3. The zero-order chi connectivity index (χ0) is 17.6. The lowest BCUT2D eigenvalue weighted by Gasteiger charge is -2.35. The minimum absolute atomic E-state index is 0.0456. The van der Waals surface area contributed by atoms with Gasteiger partial charge in [-0.2, -0.15) is 0 Å². The third-order valence-electron chi connectivity index (χ3n) is 4.78. The highest BCUT2D eigenvalue weighted by Gasteiger charge is 2.26. The second-order valence-electron chi connectivity index (χ2n) is 6.43. The molecule has 1 N–H and O–H groups in total. The number of rotatable bonds is 5. The standard InChI is InChI=1S/C20H24ClN3O/c1-2-17-8-5-6-12-24(17)20(25)19-11-10-16(14-23-19)22-13-15-7-3-4-9-18(15)21/h3-4,7,9-11,14,17,22H,2,5-6,8,12-13H2,1H3. The molecule has 0 aliphatic carbocycles. The van der Waals surface area contributed by atoms with Crippen LogP contribution in [0, 0.1) is 0 Å². The summed E-state index contributed by atoms with van der Waals surface area (Å²) < 4.78 is 0. The van der Waals surface area contributed by atoms with Crippen molar-refractivity contribution in [2.24, 2.45) is 0 Å². The van der Waals surface area contributed by atoms with Gasteiger partial charge >= 0.3 is 0 Å². The first-order valence-corrected chi connectivity index (χ1v) is 9.31. The molecule has 0 bridgehead atoms. The number of nitrogens with zero attached hydrogens (tertiary/aromatic N) is 2. The van der Waals surface area contributed by atoms with Crippen molar-refractivity contribution >= 4 is 23.2 Å². The van der Waals surface area contributed by atoms with Gasteiger partial charge in [-0.3, -0.25) is 4.79 Å². The van der Waals surface area contributed by atoms with E-state index in [1.54, 1.807) is 12.3 Å². The Bertz CT molecular complexity index is 717. The molecule has 2 heterocycles. The highest BCUT2D eigenvalue weighted by atomic mass is 35.5. The van der Waals surface area contributed by atoms with E-state index in [4.69, 9.17) is 11.6 Å². The number of anilines is 1. The van der Waals surface area contributed by atoms with Crippen molar-refractivity contribution in [1.29, 1.82) is 0 Å². The maximum absolute atomic E-state index is 12.7. The third-order valence-corrected chi connectivity index (χ3v) is 5.15. The van der Waals surface area contributed by atoms with Gasteiger partial charge in [-0.1, -0.05) is 36.7 Å². The van der Waals surface area contributed by atoms with Gasteiger partial charge in [-0.05, 0) is 49.4 Å². The van der Waals surface area contributed by atoms with Crippen LogP contribution < -0.4 is 5.32 Å². The van der Waals surface area contributed by atoms with E-state index in [1.807, 2.05) is 35.2 Å². The van der Waals surface area contributed by atoms with Gasteiger partial charge in [0.25, 0.3) is 5.91 Å². The van der Waals surface area contributed by atoms with Gasteiger partial charge in [-0.25, -0.2) is 4.98 Å². The Labute approximate surface area is 154 Å². The summed E-state index contributed by atoms with van der Waals surface area (Å²) in [7, 11) is 0. The first kappa shape index (κ1) is 17.7. The van der Waals surface area contributed by atoms with E-state index in [1.165, 1.54) is 6.42 Å². The highest BCUT2D eigenvalue weighted by molar-refractivity contribution is 6.31. The molecule has 1 aromatic carbocycles. The van der Waals surface area contributed by atoms with Gasteiger partial charge in [0, 0.05) is 24.2 Å². The van der Waals surface area contributed by atoms with Crippen molar-refractivity contribution in [2.75, 3.05) is 11.9 Å². The molecule has 5 heteroatoms. The van der Waals surface area contributed by atoms with Crippen LogP contribution in [0.3, 0.4) is 0 Å². The van der Waals surface area contributed by atoms with E-state index >= 15 is 0 Å². The minimum Gasteiger partial charge on any atom is -0.380 e. The summed E-state index contributed by atoms with van der Waals surface area (Å²) in [5, 5.41) is 4.04. The number of piperidine rings is 1. The lowest BCUT2D eigenvalue weighted by atomic mass is 9.99. The van der Waals surface area contributed by atoms with Crippen LogP contribution in [0.15, 0.2) is 42.6 Å². The van der Waals surface area contributed by atoms with Crippen molar-refractivity contribution in [1.82, 2.24) is 9.88 Å². The number of carbonyl (C=O) groups excluding carboxylic acids is 1. The Kier molecular flexibility index (Phi) is 5.92. The van der Waals surface area contributed by atoms with Gasteiger partial charge in [-0.15, -0.1) is 0 Å². The van der Waals surface area contributed by atoms with E-state index < -0.39 is 0 Å². The molecule has 0 radical (unpaired) electrons. The average Bonchev–Trinajstić information content (AvgIpc) is 2.67. The summed E-state index contributed by atoms with van der Waals surface area (Å²) in [5.41, 5.74) is 2.43. The van der Waals surface area contributed by atoms with Crippen molar-refractivity contribution in [3.8, 4) is 0 Å². The van der Waals surface area contributed by atoms with Crippen molar-refractivity contribution < 1.29 is 4.79 Å². The van der Waals surface area contributed by atoms with Gasteiger partial charge in [0.2, 0.25) is 0 Å². The van der Waals surface area contributed by atoms with Crippen LogP contribution in [-0.4, -0.2) is 28.4 Å². The van der Waals surface area contributed by atoms with Gasteiger partial charge in [0.15, 0.2) is 0 Å². The maximum atomic E-state index is 12.7. The number of carbonyl (C=O) groups is 1. The van der Waals surface area contributed by atoms with Crippen LogP contribution in [0.5, 0.6) is 0 Å². The van der Waals surface area contributed by atoms with Crippen LogP contribution in [-0.2, 0) is 6.54 Å². The molecule has 4 nitrogen and oxygen atoms in total. The topological polar surface area (TPSA) is 45.2 Å². The molecule has 1 amide bonds. The number of pyridine rings is 1. The molecule has 1 saturated heterocycles. The first-order valence-electron chi connectivity index (χ1n) is 8.93. The molecule has 1 unspecified atom stereocenters. The molecule has 0 saturated carbocycles. The van der Waals surface area contributed by atoms with Gasteiger partial charge < -0.3 is 10.2 Å². The fourth-order valence-electron chi connectivity index (χ4n) is 3.30. The van der Waals surface area contributed by atoms with Crippen LogP contribution >= 0.6 is 11.6 Å². The van der Waals surface area contributed by atoms with Crippen molar-refractivity contribution in [3.05, 3.63) is 58.9 Å². The lowest BCUT2D eigenvalue weighted by molar-refractivity contribution is 0.0602. The predicted molar refractivity (Wildman–Crippen MR) is 102 cm³/mol. The summed E-state index contributed by atoms with van der Waals surface area (Å²) >= 11 is 6.16. The van der Waals surface area contributed by atoms with Crippen LogP contribution in [0.2, 0.25) is 5.02 Å². The molecule has 3 rings (SSSR count). The second kappa shape index (κ2) is 8.34. The molecule has 1 aliphatic heterocycles. The highest BCUT2D eigenvalue weighted by Crippen LogP contribution is 2.22. The number of aromatic nitrogens is 1. The van der Waals surface area contributed by atoms with E-state index in [0.717, 1.165) is 42.1 Å². The summed E-state index contributed by atoms with van der Waals surface area (Å²) in [6.45, 7) is 3.61. The Morgan fingerprint density at radius 1 is 1.28 bits per heavy atom. The van der Waals surface area contributed by atoms with Gasteiger partial charge in [0.1, 0.15) is 5.69 Å². The van der Waals surface area contributed by atoms with E-state index in [0.29, 0.717) is 18.3 Å². The second-order valence-corrected chi connectivity index (χ2v) is 6.84. The molecule has 0 spiro atoms. The fraction of sp³-hybridized carbons (Fsp3) is 0.400. The molecule has 1 atom stereocenters. The Morgan fingerprint density at radius 3 is 2.84 bits per heavy atom. The number of halogens is 1. The fourth-order valence-corrected chi connectivity index (χ4v) is 3.51. The summed E-state index contributed by atoms with van der Waals surface area (Å²) in [4.78, 5) is 19.1. The van der Waals surface area contributed by atoms with Crippen LogP contribution in [0.25, 0.3) is 0 Å². The van der Waals surface area contributed by atoms with Crippen LogP contribution in [0.4, 0.5) is 5.69 Å². The largest absolute Gasteiger partial charge is 0.380 e. The molecule has 2 aromatic rings. The average molecular weight is 358 g/mol. The summed E-state index contributed by atoms with van der Waals surface area (Å²) in [6.07, 6.45) is 6.11. The Morgan fingerprint density at radius 2 is 2.12 bits per heavy atom. The maximum Gasteiger partial charge on any atom is 0.272 e. The van der Waals surface area contributed by atoms with E-state index in [-0.39, 0.29) is 5.91 Å². The number of benzene rings is 1. The molecular weight excluding hydrogens is 334 g/mol. The Hall–Kier alpha value is -2.07. The molecule has 1 fully saturated rings. The van der Waals surface area contributed by atoms with E-state index in [9.17, 15) is 4.79 Å². The summed E-state index contributed by atoms with van der Waals surface area (Å²) in [6, 6.07) is 11.8. The lowest BCUT2D eigenvalue weighted by Crippen LogP contribution is -2.43. The predicted octanol–water partition coefficient (Wildman–Crippen LogP) is 4.75. The zero-order valence-electron chi connectivity index (χ0n) is 14.5. The number of hydrogen-bond donors (Lipinski definition) is 1. The van der Waals surface area contributed by atoms with E-state index in [2.05, 4.69) is 17.2 Å². The Balaban J connectivity index is 1.63. The van der Waals surface area contributed by atoms with Gasteiger partial charge in [0.05, 0.1) is 11.9 Å². The minimum atomic E-state index is 0.0456. The number of amides is 1. The summed E-state index contributed by atoms with van der Waals surface area (Å²) in [5.74, 6) is 0.0456. The molecule has 1 aliphatic rings.